The van der Waals surface area contributed by atoms with Gasteiger partial charge < -0.3 is 9.47 Å². The van der Waals surface area contributed by atoms with Gasteiger partial charge in [-0.25, -0.2) is 0 Å². The molecule has 1 aliphatic heterocycles. The number of rotatable bonds is 3. The molecule has 0 bridgehead atoms. The maximum atomic E-state index is 12.8. The summed E-state index contributed by atoms with van der Waals surface area (Å²) in [7, 11) is 3.26. The van der Waals surface area contributed by atoms with Gasteiger partial charge in [0.15, 0.2) is 17.3 Å². The van der Waals surface area contributed by atoms with Gasteiger partial charge in [-0.2, -0.15) is 0 Å². The van der Waals surface area contributed by atoms with E-state index in [1.165, 1.54) is 0 Å². The zero-order valence-corrected chi connectivity index (χ0v) is 13.3. The number of hydrogen-bond acceptors (Lipinski definition) is 4. The number of benzene rings is 2. The van der Waals surface area contributed by atoms with Crippen LogP contribution in [0.4, 0.5) is 0 Å². The van der Waals surface area contributed by atoms with Crippen LogP contribution in [0.25, 0.3) is 0 Å². The van der Waals surface area contributed by atoms with Crippen molar-refractivity contribution >= 4 is 5.78 Å². The van der Waals surface area contributed by atoms with Crippen molar-refractivity contribution in [2.45, 2.75) is 17.9 Å². The van der Waals surface area contributed by atoms with Gasteiger partial charge in [0.25, 0.3) is 0 Å². The fourth-order valence-electron chi connectivity index (χ4n) is 3.81. The molecule has 0 saturated heterocycles. The summed E-state index contributed by atoms with van der Waals surface area (Å²) in [6.07, 6.45) is 0.881. The summed E-state index contributed by atoms with van der Waals surface area (Å²) in [4.78, 5) is 12.8. The van der Waals surface area contributed by atoms with Crippen LogP contribution >= 0.6 is 0 Å². The fraction of sp³-hybridized carbons (Fsp3) is 0.316. The lowest BCUT2D eigenvalue weighted by molar-refractivity contribution is -0.112. The highest BCUT2D eigenvalue weighted by Crippen LogP contribution is 2.57. The van der Waals surface area contributed by atoms with E-state index in [0.717, 1.165) is 29.7 Å². The predicted molar refractivity (Wildman–Crippen MR) is 87.1 cm³/mol. The van der Waals surface area contributed by atoms with Crippen molar-refractivity contribution in [3.8, 4) is 11.5 Å². The summed E-state index contributed by atoms with van der Waals surface area (Å²) in [5, 5.41) is 3.47. The molecule has 2 aromatic rings. The van der Waals surface area contributed by atoms with Gasteiger partial charge in [-0.05, 0) is 35.2 Å². The summed E-state index contributed by atoms with van der Waals surface area (Å²) in [5.41, 5.74) is 2.65. The van der Waals surface area contributed by atoms with Gasteiger partial charge in [0.2, 0.25) is 0 Å². The van der Waals surface area contributed by atoms with Crippen molar-refractivity contribution in [2.24, 2.45) is 0 Å². The summed E-state index contributed by atoms with van der Waals surface area (Å²) >= 11 is 0. The second-order valence-electron chi connectivity index (χ2n) is 6.06. The predicted octanol–water partition coefficient (Wildman–Crippen LogP) is 2.41. The Labute approximate surface area is 135 Å². The number of nitrogens with one attached hydrogen (secondary N) is 1. The molecule has 1 heterocycles. The van der Waals surface area contributed by atoms with Gasteiger partial charge in [0.05, 0.1) is 20.1 Å². The van der Waals surface area contributed by atoms with E-state index in [2.05, 4.69) is 5.32 Å². The monoisotopic (exact) mass is 309 g/mol. The van der Waals surface area contributed by atoms with Crippen molar-refractivity contribution in [1.82, 2.24) is 5.32 Å². The first-order valence-electron chi connectivity index (χ1n) is 7.82. The van der Waals surface area contributed by atoms with Crippen LogP contribution in [0, 0.1) is 0 Å². The zero-order valence-electron chi connectivity index (χ0n) is 13.3. The Bertz CT molecular complexity index is 772. The number of hydrogen-bond donors (Lipinski definition) is 1. The third-order valence-electron chi connectivity index (χ3n) is 4.97. The first-order valence-corrected chi connectivity index (χ1v) is 7.82. The van der Waals surface area contributed by atoms with Crippen LogP contribution < -0.4 is 14.8 Å². The van der Waals surface area contributed by atoms with Crippen LogP contribution in [-0.2, 0) is 16.8 Å². The topological polar surface area (TPSA) is 47.6 Å². The molecule has 2 atom stereocenters. The average Bonchev–Trinajstić information content (AvgIpc) is 3.18. The molecule has 2 aliphatic rings. The van der Waals surface area contributed by atoms with E-state index < -0.39 is 5.54 Å². The van der Waals surface area contributed by atoms with Crippen LogP contribution in [0.5, 0.6) is 11.5 Å². The van der Waals surface area contributed by atoms with E-state index in [-0.39, 0.29) is 11.7 Å². The number of ketones is 1. The number of ether oxygens (including phenoxy) is 2. The maximum Gasteiger partial charge on any atom is 0.168 e. The molecule has 2 aromatic carbocycles. The Kier molecular flexibility index (Phi) is 3.16. The number of carbonyl (C=O) groups excluding carboxylic acids is 1. The summed E-state index contributed by atoms with van der Waals surface area (Å²) in [6, 6.07) is 13.9. The SMILES string of the molecule is COc1cc2c(cc1OC)C1(NCC2)C(=O)C1c1ccccc1. The molecular formula is C19H19NO3. The van der Waals surface area contributed by atoms with Crippen LogP contribution in [0.2, 0.25) is 0 Å². The maximum absolute atomic E-state index is 12.8. The fourth-order valence-corrected chi connectivity index (χ4v) is 3.81. The lowest BCUT2D eigenvalue weighted by atomic mass is 9.89. The Hall–Kier alpha value is -2.33. The standard InChI is InChI=1S/C19H19NO3/c1-22-15-10-13-8-9-20-19(14(13)11-16(15)23-2)17(18(19)21)12-6-4-3-5-7-12/h3-7,10-11,17,20H,8-9H2,1-2H3. The number of Topliss-reactive ketones (excluding diaryl/α,β-unsaturated/α-hetero) is 1. The highest BCUT2D eigenvalue weighted by atomic mass is 16.5. The Balaban J connectivity index is 1.84. The van der Waals surface area contributed by atoms with Gasteiger partial charge in [-0.1, -0.05) is 30.3 Å². The lowest BCUT2D eigenvalue weighted by Crippen LogP contribution is -2.39. The Morgan fingerprint density at radius 2 is 1.78 bits per heavy atom. The molecule has 1 fully saturated rings. The first-order chi connectivity index (χ1) is 11.2. The highest BCUT2D eigenvalue weighted by molar-refractivity contribution is 6.14. The molecular weight excluding hydrogens is 290 g/mol. The molecule has 4 rings (SSSR count). The minimum absolute atomic E-state index is 0.124. The molecule has 1 spiro atoms. The zero-order chi connectivity index (χ0) is 16.0. The molecule has 4 heteroatoms. The van der Waals surface area contributed by atoms with Crippen molar-refractivity contribution in [3.05, 3.63) is 59.2 Å². The molecule has 1 aliphatic carbocycles. The number of carbonyl (C=O) groups is 1. The van der Waals surface area contributed by atoms with E-state index in [1.54, 1.807) is 14.2 Å². The Morgan fingerprint density at radius 1 is 1.09 bits per heavy atom. The highest BCUT2D eigenvalue weighted by Gasteiger charge is 2.67. The second kappa shape index (κ2) is 5.10. The van der Waals surface area contributed by atoms with E-state index in [4.69, 9.17) is 9.47 Å². The number of fused-ring (bicyclic) bond motifs is 2. The van der Waals surface area contributed by atoms with E-state index in [0.29, 0.717) is 11.5 Å². The van der Waals surface area contributed by atoms with Gasteiger partial charge in [-0.15, -0.1) is 0 Å². The van der Waals surface area contributed by atoms with Crippen LogP contribution in [-0.4, -0.2) is 26.5 Å². The van der Waals surface area contributed by atoms with Crippen LogP contribution in [0.3, 0.4) is 0 Å². The normalized spacial score (nSPS) is 25.1. The van der Waals surface area contributed by atoms with Crippen LogP contribution in [0.1, 0.15) is 22.6 Å². The quantitative estimate of drug-likeness (QED) is 0.946. The molecule has 4 nitrogen and oxygen atoms in total. The molecule has 118 valence electrons. The third kappa shape index (κ3) is 1.91. The lowest BCUT2D eigenvalue weighted by Gasteiger charge is -2.27. The van der Waals surface area contributed by atoms with Gasteiger partial charge in [0.1, 0.15) is 5.54 Å². The molecule has 0 radical (unpaired) electrons. The first kappa shape index (κ1) is 14.3. The van der Waals surface area contributed by atoms with Crippen LogP contribution in [0.15, 0.2) is 42.5 Å². The molecule has 0 amide bonds. The van der Waals surface area contributed by atoms with Gasteiger partial charge in [-0.3, -0.25) is 10.1 Å². The smallest absolute Gasteiger partial charge is 0.168 e. The molecule has 1 N–H and O–H groups in total. The van der Waals surface area contributed by atoms with Crippen molar-refractivity contribution in [2.75, 3.05) is 20.8 Å². The summed E-state index contributed by atoms with van der Waals surface area (Å²) in [5.74, 6) is 1.49. The van der Waals surface area contributed by atoms with E-state index in [9.17, 15) is 4.79 Å². The van der Waals surface area contributed by atoms with Gasteiger partial charge >= 0.3 is 0 Å². The summed E-state index contributed by atoms with van der Waals surface area (Å²) in [6.45, 7) is 0.789. The van der Waals surface area contributed by atoms with E-state index in [1.807, 2.05) is 42.5 Å². The van der Waals surface area contributed by atoms with E-state index >= 15 is 0 Å². The van der Waals surface area contributed by atoms with Crippen molar-refractivity contribution in [1.29, 1.82) is 0 Å². The molecule has 1 saturated carbocycles. The Morgan fingerprint density at radius 3 is 2.48 bits per heavy atom. The largest absolute Gasteiger partial charge is 0.493 e. The second-order valence-corrected chi connectivity index (χ2v) is 6.06. The third-order valence-corrected chi connectivity index (χ3v) is 4.97. The van der Waals surface area contributed by atoms with Gasteiger partial charge in [0, 0.05) is 6.54 Å². The minimum Gasteiger partial charge on any atom is -0.493 e. The minimum atomic E-state index is -0.603. The number of methoxy groups -OCH3 is 2. The summed E-state index contributed by atoms with van der Waals surface area (Å²) < 4.78 is 10.8. The molecule has 2 unspecified atom stereocenters. The van der Waals surface area contributed by atoms with Crippen molar-refractivity contribution in [3.63, 3.8) is 0 Å². The molecule has 23 heavy (non-hydrogen) atoms. The average molecular weight is 309 g/mol. The molecule has 0 aromatic heterocycles. The van der Waals surface area contributed by atoms with Crippen molar-refractivity contribution < 1.29 is 14.3 Å².